The fourth-order valence-corrected chi connectivity index (χ4v) is 2.35. The van der Waals surface area contributed by atoms with Gasteiger partial charge in [0.1, 0.15) is 0 Å². The summed E-state index contributed by atoms with van der Waals surface area (Å²) in [6.45, 7) is 2.62. The molecule has 0 spiro atoms. The van der Waals surface area contributed by atoms with Crippen molar-refractivity contribution in [1.29, 1.82) is 0 Å². The monoisotopic (exact) mass is 281 g/mol. The molecule has 2 aromatic rings. The van der Waals surface area contributed by atoms with Gasteiger partial charge in [-0.3, -0.25) is 4.79 Å². The Hall–Kier alpha value is -2.09. The molecule has 0 heterocycles. The Labute approximate surface area is 127 Å². The van der Waals surface area contributed by atoms with E-state index in [4.69, 9.17) is 0 Å². The number of nitrogens with one attached hydrogen (secondary N) is 1. The van der Waals surface area contributed by atoms with Gasteiger partial charge in [0, 0.05) is 12.5 Å². The second-order valence-corrected chi connectivity index (χ2v) is 5.48. The molecule has 2 rings (SSSR count). The third-order valence-corrected chi connectivity index (χ3v) is 3.70. The van der Waals surface area contributed by atoms with E-state index in [1.165, 1.54) is 5.56 Å². The Morgan fingerprint density at radius 3 is 2.14 bits per heavy atom. The number of hydrogen-bond donors (Lipinski definition) is 1. The summed E-state index contributed by atoms with van der Waals surface area (Å²) in [5.41, 5.74) is 2.48. The zero-order valence-electron chi connectivity index (χ0n) is 12.6. The number of rotatable bonds is 7. The largest absolute Gasteiger partial charge is 0.352 e. The lowest BCUT2D eigenvalue weighted by Gasteiger charge is -2.12. The number of carbonyl (C=O) groups is 1. The van der Waals surface area contributed by atoms with Crippen molar-refractivity contribution in [3.63, 3.8) is 0 Å². The summed E-state index contributed by atoms with van der Waals surface area (Å²) in [4.78, 5) is 12.0. The van der Waals surface area contributed by atoms with Crippen LogP contribution in [-0.4, -0.2) is 5.91 Å². The summed E-state index contributed by atoms with van der Waals surface area (Å²) in [7, 11) is 0. The number of carbonyl (C=O) groups excluding carboxylic acids is 1. The van der Waals surface area contributed by atoms with Gasteiger partial charge in [0.25, 0.3) is 0 Å². The highest BCUT2D eigenvalue weighted by Gasteiger charge is 2.11. The van der Waals surface area contributed by atoms with E-state index < -0.39 is 0 Å². The van der Waals surface area contributed by atoms with Crippen molar-refractivity contribution in [2.75, 3.05) is 0 Å². The molecule has 2 nitrogen and oxygen atoms in total. The smallest absolute Gasteiger partial charge is 0.223 e. The van der Waals surface area contributed by atoms with Crippen molar-refractivity contribution in [3.8, 4) is 0 Å². The molecule has 1 N–H and O–H groups in total. The van der Waals surface area contributed by atoms with Crippen LogP contribution < -0.4 is 5.32 Å². The maximum atomic E-state index is 12.0. The van der Waals surface area contributed by atoms with Gasteiger partial charge < -0.3 is 5.32 Å². The summed E-state index contributed by atoms with van der Waals surface area (Å²) in [6, 6.07) is 20.5. The standard InChI is InChI=1S/C19H23NO/c1-16(9-8-14-17-10-4-2-5-11-17)19(21)20-15-18-12-6-3-7-13-18/h2-7,10-13,16H,8-9,14-15H2,1H3,(H,20,21). The summed E-state index contributed by atoms with van der Waals surface area (Å²) in [5, 5.41) is 3.01. The normalized spacial score (nSPS) is 11.9. The maximum Gasteiger partial charge on any atom is 0.223 e. The van der Waals surface area contributed by atoms with E-state index in [1.54, 1.807) is 0 Å². The molecule has 0 aliphatic carbocycles. The first-order chi connectivity index (χ1) is 10.3. The number of benzene rings is 2. The topological polar surface area (TPSA) is 29.1 Å². The SMILES string of the molecule is CC(CCCc1ccccc1)C(=O)NCc1ccccc1. The van der Waals surface area contributed by atoms with Gasteiger partial charge in [0.05, 0.1) is 0 Å². The molecule has 1 amide bonds. The first-order valence-corrected chi connectivity index (χ1v) is 7.61. The van der Waals surface area contributed by atoms with Gasteiger partial charge in [-0.25, -0.2) is 0 Å². The van der Waals surface area contributed by atoms with Crippen LogP contribution in [0.4, 0.5) is 0 Å². The number of amides is 1. The highest BCUT2D eigenvalue weighted by Crippen LogP contribution is 2.11. The molecular formula is C19H23NO. The Bertz CT molecular complexity index is 536. The van der Waals surface area contributed by atoms with Crippen LogP contribution >= 0.6 is 0 Å². The van der Waals surface area contributed by atoms with Crippen molar-refractivity contribution in [1.82, 2.24) is 5.32 Å². The van der Waals surface area contributed by atoms with E-state index >= 15 is 0 Å². The number of aryl methyl sites for hydroxylation is 1. The van der Waals surface area contributed by atoms with Gasteiger partial charge in [0.2, 0.25) is 5.91 Å². The second kappa shape index (κ2) is 8.25. The van der Waals surface area contributed by atoms with Gasteiger partial charge in [-0.1, -0.05) is 67.6 Å². The summed E-state index contributed by atoms with van der Waals surface area (Å²) in [6.07, 6.45) is 3.01. The fraction of sp³-hybridized carbons (Fsp3) is 0.316. The third kappa shape index (κ3) is 5.42. The molecule has 0 aromatic heterocycles. The van der Waals surface area contributed by atoms with Crippen LogP contribution in [0, 0.1) is 5.92 Å². The van der Waals surface area contributed by atoms with Gasteiger partial charge in [-0.05, 0) is 30.4 Å². The molecule has 1 atom stereocenters. The Kier molecular flexibility index (Phi) is 6.01. The average Bonchev–Trinajstić information content (AvgIpc) is 2.54. The average molecular weight is 281 g/mol. The quantitative estimate of drug-likeness (QED) is 0.817. The first-order valence-electron chi connectivity index (χ1n) is 7.61. The van der Waals surface area contributed by atoms with Gasteiger partial charge in [-0.2, -0.15) is 0 Å². The van der Waals surface area contributed by atoms with E-state index in [0.29, 0.717) is 6.54 Å². The highest BCUT2D eigenvalue weighted by atomic mass is 16.1. The Morgan fingerprint density at radius 2 is 1.52 bits per heavy atom. The lowest BCUT2D eigenvalue weighted by Crippen LogP contribution is -2.28. The third-order valence-electron chi connectivity index (χ3n) is 3.70. The lowest BCUT2D eigenvalue weighted by atomic mass is 10.0. The van der Waals surface area contributed by atoms with Crippen LogP contribution in [-0.2, 0) is 17.8 Å². The predicted octanol–water partition coefficient (Wildman–Crippen LogP) is 3.96. The first kappa shape index (κ1) is 15.3. The molecule has 21 heavy (non-hydrogen) atoms. The molecule has 0 aliphatic heterocycles. The molecule has 0 radical (unpaired) electrons. The van der Waals surface area contributed by atoms with Crippen LogP contribution in [0.2, 0.25) is 0 Å². The minimum Gasteiger partial charge on any atom is -0.352 e. The number of hydrogen-bond acceptors (Lipinski definition) is 1. The van der Waals surface area contributed by atoms with Crippen LogP contribution in [0.5, 0.6) is 0 Å². The molecule has 0 fully saturated rings. The summed E-state index contributed by atoms with van der Waals surface area (Å²) < 4.78 is 0. The fourth-order valence-electron chi connectivity index (χ4n) is 2.35. The van der Waals surface area contributed by atoms with Crippen LogP contribution in [0.3, 0.4) is 0 Å². The minimum atomic E-state index is 0.0671. The van der Waals surface area contributed by atoms with Gasteiger partial charge >= 0.3 is 0 Å². The maximum absolute atomic E-state index is 12.0. The molecule has 0 saturated carbocycles. The zero-order valence-corrected chi connectivity index (χ0v) is 12.6. The Morgan fingerprint density at radius 1 is 0.952 bits per heavy atom. The van der Waals surface area contributed by atoms with Crippen molar-refractivity contribution in [2.24, 2.45) is 5.92 Å². The van der Waals surface area contributed by atoms with Crippen molar-refractivity contribution in [3.05, 3.63) is 71.8 Å². The summed E-state index contributed by atoms with van der Waals surface area (Å²) in [5.74, 6) is 0.212. The molecule has 110 valence electrons. The van der Waals surface area contributed by atoms with E-state index in [9.17, 15) is 4.79 Å². The molecule has 0 saturated heterocycles. The van der Waals surface area contributed by atoms with Gasteiger partial charge in [0.15, 0.2) is 0 Å². The van der Waals surface area contributed by atoms with Crippen LogP contribution in [0.15, 0.2) is 60.7 Å². The molecule has 0 aliphatic rings. The highest BCUT2D eigenvalue weighted by molar-refractivity contribution is 5.78. The van der Waals surface area contributed by atoms with Crippen molar-refractivity contribution in [2.45, 2.75) is 32.7 Å². The second-order valence-electron chi connectivity index (χ2n) is 5.48. The zero-order chi connectivity index (χ0) is 14.9. The van der Waals surface area contributed by atoms with Crippen molar-refractivity contribution >= 4 is 5.91 Å². The Balaban J connectivity index is 1.68. The van der Waals surface area contributed by atoms with E-state index in [2.05, 4.69) is 29.6 Å². The lowest BCUT2D eigenvalue weighted by molar-refractivity contribution is -0.124. The predicted molar refractivity (Wildman–Crippen MR) is 86.8 cm³/mol. The van der Waals surface area contributed by atoms with E-state index in [1.807, 2.05) is 43.3 Å². The molecule has 2 aromatic carbocycles. The minimum absolute atomic E-state index is 0.0671. The van der Waals surface area contributed by atoms with Gasteiger partial charge in [-0.15, -0.1) is 0 Å². The molecule has 2 heteroatoms. The van der Waals surface area contributed by atoms with Crippen LogP contribution in [0.1, 0.15) is 30.9 Å². The molecular weight excluding hydrogens is 258 g/mol. The van der Waals surface area contributed by atoms with Crippen LogP contribution in [0.25, 0.3) is 0 Å². The van der Waals surface area contributed by atoms with E-state index in [-0.39, 0.29) is 11.8 Å². The molecule has 0 bridgehead atoms. The summed E-state index contributed by atoms with van der Waals surface area (Å²) >= 11 is 0. The van der Waals surface area contributed by atoms with E-state index in [0.717, 1.165) is 24.8 Å². The molecule has 1 unspecified atom stereocenters. The van der Waals surface area contributed by atoms with Crippen molar-refractivity contribution < 1.29 is 4.79 Å².